The van der Waals surface area contributed by atoms with Crippen LogP contribution in [0.25, 0.3) is 10.9 Å². The number of pyridine rings is 1. The van der Waals surface area contributed by atoms with E-state index >= 15 is 0 Å². The van der Waals surface area contributed by atoms with Gasteiger partial charge in [-0.2, -0.15) is 13.2 Å². The number of piperidine rings is 1. The number of halogens is 3. The summed E-state index contributed by atoms with van der Waals surface area (Å²) in [5.74, 6) is -0.237. The SMILES string of the molecule is C[C@H]1C[C@@H](NC(=O)[C@@H](N)CO)CN(c2ccc(C(F)(F)F)c3ncccc23)C1. The molecule has 0 radical (unpaired) electrons. The van der Waals surface area contributed by atoms with Gasteiger partial charge < -0.3 is 21.1 Å². The van der Waals surface area contributed by atoms with Crippen molar-refractivity contribution in [3.05, 3.63) is 36.0 Å². The molecule has 9 heteroatoms. The molecule has 2 heterocycles. The second kappa shape index (κ2) is 7.92. The highest BCUT2D eigenvalue weighted by Gasteiger charge is 2.35. The minimum absolute atomic E-state index is 0.0892. The molecule has 0 spiro atoms. The van der Waals surface area contributed by atoms with Gasteiger partial charge in [-0.05, 0) is 36.6 Å². The number of fused-ring (bicyclic) bond motifs is 1. The lowest BCUT2D eigenvalue weighted by atomic mass is 9.94. The number of carbonyl (C=O) groups excluding carboxylic acids is 1. The molecule has 3 atom stereocenters. The third kappa shape index (κ3) is 4.20. The normalized spacial score (nSPS) is 21.6. The maximum Gasteiger partial charge on any atom is 0.418 e. The van der Waals surface area contributed by atoms with Crippen LogP contribution in [-0.2, 0) is 11.0 Å². The highest BCUT2D eigenvalue weighted by atomic mass is 19.4. The van der Waals surface area contributed by atoms with Gasteiger partial charge in [0.15, 0.2) is 0 Å². The lowest BCUT2D eigenvalue weighted by Crippen LogP contribution is -2.54. The molecule has 1 saturated heterocycles. The van der Waals surface area contributed by atoms with Crippen molar-refractivity contribution < 1.29 is 23.1 Å². The van der Waals surface area contributed by atoms with Crippen LogP contribution in [-0.4, -0.2) is 47.8 Å². The van der Waals surface area contributed by atoms with Crippen molar-refractivity contribution in [2.75, 3.05) is 24.6 Å². The van der Waals surface area contributed by atoms with Crippen LogP contribution in [0.1, 0.15) is 18.9 Å². The molecule has 28 heavy (non-hydrogen) atoms. The number of aliphatic hydroxyl groups is 1. The summed E-state index contributed by atoms with van der Waals surface area (Å²) in [6.45, 7) is 2.65. The van der Waals surface area contributed by atoms with Gasteiger partial charge in [-0.25, -0.2) is 0 Å². The first-order chi connectivity index (χ1) is 13.2. The van der Waals surface area contributed by atoms with Gasteiger partial charge in [0.05, 0.1) is 17.7 Å². The molecule has 4 N–H and O–H groups in total. The van der Waals surface area contributed by atoms with Crippen molar-refractivity contribution in [3.8, 4) is 0 Å². The Balaban J connectivity index is 1.92. The number of aliphatic hydroxyl groups excluding tert-OH is 1. The van der Waals surface area contributed by atoms with Crippen LogP contribution in [0.15, 0.2) is 30.5 Å². The molecule has 0 aliphatic carbocycles. The predicted octanol–water partition coefficient (Wildman–Crippen LogP) is 1.90. The number of aromatic nitrogens is 1. The number of nitrogens with zero attached hydrogens (tertiary/aromatic N) is 2. The summed E-state index contributed by atoms with van der Waals surface area (Å²) < 4.78 is 40.0. The van der Waals surface area contributed by atoms with Crippen molar-refractivity contribution in [3.63, 3.8) is 0 Å². The van der Waals surface area contributed by atoms with Gasteiger partial charge in [-0.1, -0.05) is 6.92 Å². The van der Waals surface area contributed by atoms with E-state index in [0.29, 0.717) is 24.2 Å². The maximum atomic E-state index is 13.3. The molecule has 1 fully saturated rings. The average molecular weight is 396 g/mol. The summed E-state index contributed by atoms with van der Waals surface area (Å²) in [5.41, 5.74) is 5.34. The molecule has 3 rings (SSSR count). The zero-order valence-electron chi connectivity index (χ0n) is 15.4. The zero-order chi connectivity index (χ0) is 20.5. The number of anilines is 1. The number of hydrogen-bond donors (Lipinski definition) is 3. The molecule has 6 nitrogen and oxygen atoms in total. The van der Waals surface area contributed by atoms with Crippen LogP contribution >= 0.6 is 0 Å². The number of hydrogen-bond acceptors (Lipinski definition) is 5. The average Bonchev–Trinajstić information content (AvgIpc) is 2.65. The first-order valence-corrected chi connectivity index (χ1v) is 9.07. The maximum absolute atomic E-state index is 13.3. The molecule has 152 valence electrons. The molecule has 0 unspecified atom stereocenters. The third-order valence-corrected chi connectivity index (χ3v) is 4.93. The number of carbonyl (C=O) groups is 1. The van der Waals surface area contributed by atoms with Crippen LogP contribution in [0, 0.1) is 5.92 Å². The standard InChI is InChI=1S/C19H23F3N4O2/c1-11-7-12(25-18(28)15(23)10-27)9-26(8-11)16-5-4-14(19(20,21)22)17-13(16)3-2-6-24-17/h2-6,11-12,15,27H,7-10,23H2,1H3,(H,25,28)/t11-,12+,15-/m0/s1. The number of amides is 1. The topological polar surface area (TPSA) is 91.5 Å². The molecule has 0 bridgehead atoms. The molecule has 1 amide bonds. The van der Waals surface area contributed by atoms with E-state index in [9.17, 15) is 18.0 Å². The third-order valence-electron chi connectivity index (χ3n) is 4.93. The van der Waals surface area contributed by atoms with E-state index in [2.05, 4.69) is 10.3 Å². The minimum atomic E-state index is -4.49. The molecule has 2 aromatic rings. The Bertz CT molecular complexity index is 859. The summed E-state index contributed by atoms with van der Waals surface area (Å²) in [6, 6.07) is 4.53. The van der Waals surface area contributed by atoms with Crippen LogP contribution in [0.4, 0.5) is 18.9 Å². The second-order valence-corrected chi connectivity index (χ2v) is 7.27. The number of rotatable bonds is 4. The molecular formula is C19H23F3N4O2. The van der Waals surface area contributed by atoms with E-state index < -0.39 is 30.3 Å². The highest BCUT2D eigenvalue weighted by molar-refractivity contribution is 5.94. The number of benzene rings is 1. The van der Waals surface area contributed by atoms with Crippen LogP contribution in [0.5, 0.6) is 0 Å². The van der Waals surface area contributed by atoms with Gasteiger partial charge in [0.1, 0.15) is 6.04 Å². The Morgan fingerprint density at radius 1 is 1.39 bits per heavy atom. The van der Waals surface area contributed by atoms with Crippen LogP contribution < -0.4 is 16.0 Å². The van der Waals surface area contributed by atoms with Crippen molar-refractivity contribution in [2.45, 2.75) is 31.6 Å². The Kier molecular flexibility index (Phi) is 5.76. The van der Waals surface area contributed by atoms with E-state index in [1.807, 2.05) is 11.8 Å². The predicted molar refractivity (Wildman–Crippen MR) is 99.7 cm³/mol. The second-order valence-electron chi connectivity index (χ2n) is 7.27. The smallest absolute Gasteiger partial charge is 0.394 e. The van der Waals surface area contributed by atoms with Gasteiger partial charge in [0, 0.05) is 36.4 Å². The lowest BCUT2D eigenvalue weighted by molar-refractivity contribution is -0.136. The molecular weight excluding hydrogens is 373 g/mol. The number of nitrogens with one attached hydrogen (secondary N) is 1. The monoisotopic (exact) mass is 396 g/mol. The van der Waals surface area contributed by atoms with Crippen LogP contribution in [0.3, 0.4) is 0 Å². The highest BCUT2D eigenvalue weighted by Crippen LogP contribution is 2.38. The zero-order valence-corrected chi connectivity index (χ0v) is 15.4. The van der Waals surface area contributed by atoms with Gasteiger partial charge in [-0.15, -0.1) is 0 Å². The minimum Gasteiger partial charge on any atom is -0.394 e. The largest absolute Gasteiger partial charge is 0.418 e. The molecule has 1 aromatic heterocycles. The lowest BCUT2D eigenvalue weighted by Gasteiger charge is -2.39. The van der Waals surface area contributed by atoms with Gasteiger partial charge in [0.25, 0.3) is 0 Å². The summed E-state index contributed by atoms with van der Waals surface area (Å²) in [5, 5.41) is 12.3. The summed E-state index contributed by atoms with van der Waals surface area (Å²) in [6.07, 6.45) is -2.42. The quantitative estimate of drug-likeness (QED) is 0.734. The van der Waals surface area contributed by atoms with Crippen molar-refractivity contribution in [2.24, 2.45) is 11.7 Å². The molecule has 1 aromatic carbocycles. The fourth-order valence-corrected chi connectivity index (χ4v) is 3.71. The molecule has 0 saturated carbocycles. The van der Waals surface area contributed by atoms with Crippen molar-refractivity contribution in [1.29, 1.82) is 0 Å². The van der Waals surface area contributed by atoms with E-state index in [1.54, 1.807) is 12.1 Å². The van der Waals surface area contributed by atoms with Gasteiger partial charge in [0.2, 0.25) is 5.91 Å². The summed E-state index contributed by atoms with van der Waals surface area (Å²) in [7, 11) is 0. The van der Waals surface area contributed by atoms with E-state index in [4.69, 9.17) is 10.8 Å². The first kappa shape index (κ1) is 20.3. The van der Waals surface area contributed by atoms with Gasteiger partial charge in [-0.3, -0.25) is 9.78 Å². The fraction of sp³-hybridized carbons (Fsp3) is 0.474. The Morgan fingerprint density at radius 3 is 2.82 bits per heavy atom. The Labute approximate surface area is 160 Å². The van der Waals surface area contributed by atoms with Gasteiger partial charge >= 0.3 is 6.18 Å². The summed E-state index contributed by atoms with van der Waals surface area (Å²) in [4.78, 5) is 17.9. The van der Waals surface area contributed by atoms with E-state index in [0.717, 1.165) is 12.5 Å². The van der Waals surface area contributed by atoms with Crippen LogP contribution in [0.2, 0.25) is 0 Å². The van der Waals surface area contributed by atoms with Crippen molar-refractivity contribution in [1.82, 2.24) is 10.3 Å². The number of nitrogens with two attached hydrogens (primary N) is 1. The number of alkyl halides is 3. The van der Waals surface area contributed by atoms with E-state index in [-0.39, 0.29) is 17.5 Å². The first-order valence-electron chi connectivity index (χ1n) is 9.07. The molecule has 1 aliphatic rings. The van der Waals surface area contributed by atoms with E-state index in [1.165, 1.54) is 12.3 Å². The summed E-state index contributed by atoms with van der Waals surface area (Å²) >= 11 is 0. The fourth-order valence-electron chi connectivity index (χ4n) is 3.71. The van der Waals surface area contributed by atoms with Crippen molar-refractivity contribution >= 4 is 22.5 Å². The Hall–Kier alpha value is -2.39. The molecule has 1 aliphatic heterocycles. The Morgan fingerprint density at radius 2 is 2.14 bits per heavy atom.